The average Bonchev–Trinajstić information content (AvgIpc) is 3.01. The van der Waals surface area contributed by atoms with E-state index in [1.807, 2.05) is 18.7 Å². The molecule has 0 radical (unpaired) electrons. The Morgan fingerprint density at radius 2 is 2.50 bits per heavy atom. The highest BCUT2D eigenvalue weighted by Crippen LogP contribution is 2.19. The minimum atomic E-state index is -0.0712. The van der Waals surface area contributed by atoms with E-state index in [-0.39, 0.29) is 11.9 Å². The maximum Gasteiger partial charge on any atom is 0.222 e. The SMILES string of the molecule is CC(NC(=O)CC1CSCCN1)c1nnc2n1CCC2. The fourth-order valence-electron chi connectivity index (χ4n) is 2.83. The summed E-state index contributed by atoms with van der Waals surface area (Å²) in [6, 6.07) is 0.225. The molecule has 20 heavy (non-hydrogen) atoms. The van der Waals surface area contributed by atoms with E-state index in [0.717, 1.165) is 49.1 Å². The Hall–Kier alpha value is -1.08. The summed E-state index contributed by atoms with van der Waals surface area (Å²) >= 11 is 1.91. The van der Waals surface area contributed by atoms with Crippen LogP contribution in [0.4, 0.5) is 0 Å². The number of aryl methyl sites for hydroxylation is 1. The second-order valence-electron chi connectivity index (χ2n) is 5.45. The highest BCUT2D eigenvalue weighted by atomic mass is 32.2. The van der Waals surface area contributed by atoms with E-state index in [0.29, 0.717) is 12.5 Å². The van der Waals surface area contributed by atoms with Crippen LogP contribution in [-0.2, 0) is 17.8 Å². The van der Waals surface area contributed by atoms with Crippen molar-refractivity contribution in [2.45, 2.75) is 44.8 Å². The molecule has 1 saturated heterocycles. The van der Waals surface area contributed by atoms with Crippen LogP contribution < -0.4 is 10.6 Å². The van der Waals surface area contributed by atoms with Gasteiger partial charge in [0.25, 0.3) is 0 Å². The first kappa shape index (κ1) is 13.9. The quantitative estimate of drug-likeness (QED) is 0.846. The third-order valence-corrected chi connectivity index (χ3v) is 4.96. The fourth-order valence-corrected chi connectivity index (χ4v) is 3.78. The summed E-state index contributed by atoms with van der Waals surface area (Å²) in [5, 5.41) is 14.8. The maximum atomic E-state index is 12.1. The number of rotatable bonds is 4. The molecule has 7 heteroatoms. The van der Waals surface area contributed by atoms with Gasteiger partial charge in [-0.05, 0) is 13.3 Å². The molecule has 6 nitrogen and oxygen atoms in total. The zero-order valence-electron chi connectivity index (χ0n) is 11.8. The number of thioether (sulfide) groups is 1. The highest BCUT2D eigenvalue weighted by molar-refractivity contribution is 7.99. The van der Waals surface area contributed by atoms with Crippen molar-refractivity contribution in [2.24, 2.45) is 0 Å². The number of carbonyl (C=O) groups excluding carboxylic acids is 1. The van der Waals surface area contributed by atoms with Crippen molar-refractivity contribution in [1.82, 2.24) is 25.4 Å². The Labute approximate surface area is 123 Å². The van der Waals surface area contributed by atoms with Crippen LogP contribution in [0.2, 0.25) is 0 Å². The summed E-state index contributed by atoms with van der Waals surface area (Å²) in [4.78, 5) is 12.1. The highest BCUT2D eigenvalue weighted by Gasteiger charge is 2.23. The molecule has 0 aromatic carbocycles. The van der Waals surface area contributed by atoms with Crippen LogP contribution in [0, 0.1) is 0 Å². The van der Waals surface area contributed by atoms with Gasteiger partial charge in [0, 0.05) is 43.5 Å². The maximum absolute atomic E-state index is 12.1. The second kappa shape index (κ2) is 6.13. The van der Waals surface area contributed by atoms with E-state index in [9.17, 15) is 4.79 Å². The summed E-state index contributed by atoms with van der Waals surface area (Å²) in [5.74, 6) is 4.18. The predicted molar refractivity (Wildman–Crippen MR) is 78.6 cm³/mol. The molecule has 2 N–H and O–H groups in total. The summed E-state index contributed by atoms with van der Waals surface area (Å²) in [7, 11) is 0. The van der Waals surface area contributed by atoms with Crippen LogP contribution in [0.25, 0.3) is 0 Å². The van der Waals surface area contributed by atoms with Gasteiger partial charge in [0.05, 0.1) is 6.04 Å². The van der Waals surface area contributed by atoms with Crippen LogP contribution in [0.5, 0.6) is 0 Å². The number of nitrogens with one attached hydrogen (secondary N) is 2. The van der Waals surface area contributed by atoms with Crippen molar-refractivity contribution in [3.8, 4) is 0 Å². The van der Waals surface area contributed by atoms with Crippen molar-refractivity contribution in [3.63, 3.8) is 0 Å². The molecule has 2 unspecified atom stereocenters. The van der Waals surface area contributed by atoms with Crippen LogP contribution in [0.1, 0.15) is 37.5 Å². The topological polar surface area (TPSA) is 71.8 Å². The zero-order chi connectivity index (χ0) is 13.9. The largest absolute Gasteiger partial charge is 0.346 e. The second-order valence-corrected chi connectivity index (χ2v) is 6.60. The Bertz CT molecular complexity index is 483. The number of amides is 1. The van der Waals surface area contributed by atoms with Gasteiger partial charge in [0.1, 0.15) is 5.82 Å². The number of carbonyl (C=O) groups is 1. The standard InChI is InChI=1S/C13H21N5OS/c1-9(13-17-16-11-3-2-5-18(11)13)15-12(19)7-10-8-20-6-4-14-10/h9-10,14H,2-8H2,1H3,(H,15,19). The molecule has 110 valence electrons. The average molecular weight is 295 g/mol. The molecule has 0 bridgehead atoms. The van der Waals surface area contributed by atoms with Gasteiger partial charge in [-0.3, -0.25) is 4.79 Å². The summed E-state index contributed by atoms with van der Waals surface area (Å²) in [6.45, 7) is 3.95. The van der Waals surface area contributed by atoms with Crippen molar-refractivity contribution in [2.75, 3.05) is 18.1 Å². The van der Waals surface area contributed by atoms with Gasteiger partial charge < -0.3 is 15.2 Å². The van der Waals surface area contributed by atoms with Gasteiger partial charge >= 0.3 is 0 Å². The molecule has 1 aromatic rings. The molecule has 3 heterocycles. The molecule has 1 amide bonds. The van der Waals surface area contributed by atoms with Crippen molar-refractivity contribution in [1.29, 1.82) is 0 Å². The van der Waals surface area contributed by atoms with Crippen LogP contribution >= 0.6 is 11.8 Å². The normalized spacial score (nSPS) is 23.4. The number of fused-ring (bicyclic) bond motifs is 1. The molecular weight excluding hydrogens is 274 g/mol. The number of nitrogens with zero attached hydrogens (tertiary/aromatic N) is 3. The molecule has 1 fully saturated rings. The van der Waals surface area contributed by atoms with Gasteiger partial charge in [0.2, 0.25) is 5.91 Å². The minimum absolute atomic E-state index is 0.0712. The van der Waals surface area contributed by atoms with Crippen LogP contribution in [-0.4, -0.2) is 44.8 Å². The van der Waals surface area contributed by atoms with E-state index >= 15 is 0 Å². The van der Waals surface area contributed by atoms with Gasteiger partial charge in [-0.15, -0.1) is 10.2 Å². The van der Waals surface area contributed by atoms with E-state index in [2.05, 4.69) is 25.4 Å². The molecule has 3 rings (SSSR count). The first-order chi connectivity index (χ1) is 9.74. The minimum Gasteiger partial charge on any atom is -0.346 e. The molecule has 1 aromatic heterocycles. The summed E-state index contributed by atoms with van der Waals surface area (Å²) < 4.78 is 2.14. The lowest BCUT2D eigenvalue weighted by Crippen LogP contribution is -2.41. The van der Waals surface area contributed by atoms with Crippen molar-refractivity contribution < 1.29 is 4.79 Å². The van der Waals surface area contributed by atoms with Gasteiger partial charge in [-0.2, -0.15) is 11.8 Å². The zero-order valence-corrected chi connectivity index (χ0v) is 12.6. The van der Waals surface area contributed by atoms with E-state index in [1.54, 1.807) is 0 Å². The monoisotopic (exact) mass is 295 g/mol. The van der Waals surface area contributed by atoms with Gasteiger partial charge in [0.15, 0.2) is 5.82 Å². The molecule has 0 spiro atoms. The molecule has 0 aliphatic carbocycles. The van der Waals surface area contributed by atoms with Gasteiger partial charge in [-0.25, -0.2) is 0 Å². The molecule has 2 aliphatic rings. The number of hydrogen-bond donors (Lipinski definition) is 2. The number of aromatic nitrogens is 3. The fraction of sp³-hybridized carbons (Fsp3) is 0.769. The Balaban J connectivity index is 1.55. The van der Waals surface area contributed by atoms with Crippen molar-refractivity contribution >= 4 is 17.7 Å². The summed E-state index contributed by atoms with van der Waals surface area (Å²) in [5.41, 5.74) is 0. The lowest BCUT2D eigenvalue weighted by molar-refractivity contribution is -0.122. The lowest BCUT2D eigenvalue weighted by Gasteiger charge is -2.23. The number of hydrogen-bond acceptors (Lipinski definition) is 5. The van der Waals surface area contributed by atoms with Gasteiger partial charge in [-0.1, -0.05) is 0 Å². The van der Waals surface area contributed by atoms with Crippen LogP contribution in [0.3, 0.4) is 0 Å². The lowest BCUT2D eigenvalue weighted by atomic mass is 10.2. The Morgan fingerprint density at radius 3 is 3.30 bits per heavy atom. The third kappa shape index (κ3) is 2.98. The molecule has 2 atom stereocenters. The first-order valence-electron chi connectivity index (χ1n) is 7.26. The smallest absolute Gasteiger partial charge is 0.222 e. The van der Waals surface area contributed by atoms with Crippen LogP contribution in [0.15, 0.2) is 0 Å². The third-order valence-electron chi connectivity index (χ3n) is 3.83. The molecule has 0 saturated carbocycles. The van der Waals surface area contributed by atoms with Crippen molar-refractivity contribution in [3.05, 3.63) is 11.6 Å². The molecular formula is C13H21N5OS. The van der Waals surface area contributed by atoms with E-state index in [1.165, 1.54) is 0 Å². The first-order valence-corrected chi connectivity index (χ1v) is 8.42. The molecule has 2 aliphatic heterocycles. The Morgan fingerprint density at radius 1 is 1.60 bits per heavy atom. The predicted octanol–water partition coefficient (Wildman–Crippen LogP) is 0.497. The van der Waals surface area contributed by atoms with E-state index in [4.69, 9.17) is 0 Å². The van der Waals surface area contributed by atoms with E-state index < -0.39 is 0 Å². The summed E-state index contributed by atoms with van der Waals surface area (Å²) in [6.07, 6.45) is 2.66. The Kier molecular flexibility index (Phi) is 4.26.